The monoisotopic (exact) mass is 355 g/mol. The molecule has 0 atom stereocenters. The predicted octanol–water partition coefficient (Wildman–Crippen LogP) is 4.36. The molecule has 0 bridgehead atoms. The van der Waals surface area contributed by atoms with Gasteiger partial charge in [0.15, 0.2) is 0 Å². The molecule has 1 aliphatic carbocycles. The van der Waals surface area contributed by atoms with E-state index in [0.717, 1.165) is 17.9 Å². The van der Waals surface area contributed by atoms with Gasteiger partial charge in [0.1, 0.15) is 5.75 Å². The van der Waals surface area contributed by atoms with Gasteiger partial charge in [0.2, 0.25) is 11.7 Å². The van der Waals surface area contributed by atoms with Gasteiger partial charge in [0, 0.05) is 23.0 Å². The molecule has 0 aliphatic heterocycles. The summed E-state index contributed by atoms with van der Waals surface area (Å²) >= 11 is 1.79. The van der Waals surface area contributed by atoms with Crippen molar-refractivity contribution in [2.24, 2.45) is 0 Å². The lowest BCUT2D eigenvalue weighted by Crippen LogP contribution is -2.24. The molecule has 2 heterocycles. The van der Waals surface area contributed by atoms with Gasteiger partial charge in [-0.3, -0.25) is 4.90 Å². The number of rotatable bonds is 8. The van der Waals surface area contributed by atoms with E-state index in [0.29, 0.717) is 30.9 Å². The zero-order valence-electron chi connectivity index (χ0n) is 14.2. The third-order valence-corrected chi connectivity index (χ3v) is 5.09. The lowest BCUT2D eigenvalue weighted by Gasteiger charge is -2.18. The van der Waals surface area contributed by atoms with E-state index in [-0.39, 0.29) is 0 Å². The van der Waals surface area contributed by atoms with Crippen molar-refractivity contribution in [1.82, 2.24) is 15.0 Å². The Labute approximate surface area is 151 Å². The van der Waals surface area contributed by atoms with E-state index in [2.05, 4.69) is 32.6 Å². The second-order valence-electron chi connectivity index (χ2n) is 6.18. The number of benzene rings is 1. The number of hydrogen-bond acceptors (Lipinski definition) is 6. The summed E-state index contributed by atoms with van der Waals surface area (Å²) in [5, 5.41) is 6.26. The Morgan fingerprint density at radius 2 is 2.04 bits per heavy atom. The van der Waals surface area contributed by atoms with Crippen molar-refractivity contribution in [1.29, 1.82) is 0 Å². The van der Waals surface area contributed by atoms with Crippen LogP contribution in [-0.2, 0) is 13.1 Å². The molecule has 130 valence electrons. The summed E-state index contributed by atoms with van der Waals surface area (Å²) in [4.78, 5) is 8.38. The highest BCUT2D eigenvalue weighted by atomic mass is 32.1. The Morgan fingerprint density at radius 1 is 1.20 bits per heavy atom. The highest BCUT2D eigenvalue weighted by Gasteiger charge is 2.30. The van der Waals surface area contributed by atoms with Gasteiger partial charge in [-0.15, -0.1) is 11.3 Å². The molecule has 0 spiro atoms. The van der Waals surface area contributed by atoms with E-state index in [1.165, 1.54) is 17.7 Å². The molecule has 3 aromatic rings. The van der Waals surface area contributed by atoms with Crippen LogP contribution in [0, 0.1) is 0 Å². The van der Waals surface area contributed by atoms with Crippen LogP contribution in [0.15, 0.2) is 46.3 Å². The largest absolute Gasteiger partial charge is 0.494 e. The minimum atomic E-state index is 0.630. The van der Waals surface area contributed by atoms with E-state index >= 15 is 0 Å². The molecule has 0 saturated heterocycles. The molecule has 1 aromatic carbocycles. The van der Waals surface area contributed by atoms with Crippen molar-refractivity contribution in [2.45, 2.75) is 38.9 Å². The van der Waals surface area contributed by atoms with E-state index in [9.17, 15) is 0 Å². The molecular formula is C19H21N3O2S. The van der Waals surface area contributed by atoms with Gasteiger partial charge in [0.25, 0.3) is 0 Å². The SMILES string of the molecule is CCOc1ccc(-c2noc(CN(Cc3cccs3)C3CC3)n2)cc1. The maximum atomic E-state index is 5.49. The van der Waals surface area contributed by atoms with Crippen molar-refractivity contribution in [3.05, 3.63) is 52.5 Å². The normalized spacial score (nSPS) is 14.2. The van der Waals surface area contributed by atoms with Gasteiger partial charge < -0.3 is 9.26 Å². The first-order valence-electron chi connectivity index (χ1n) is 8.64. The first kappa shape index (κ1) is 16.3. The predicted molar refractivity (Wildman–Crippen MR) is 97.5 cm³/mol. The summed E-state index contributed by atoms with van der Waals surface area (Å²) in [7, 11) is 0. The Morgan fingerprint density at radius 3 is 2.72 bits per heavy atom. The first-order valence-corrected chi connectivity index (χ1v) is 9.52. The maximum absolute atomic E-state index is 5.49. The van der Waals surface area contributed by atoms with E-state index in [1.807, 2.05) is 31.2 Å². The molecule has 1 saturated carbocycles. The van der Waals surface area contributed by atoms with Crippen LogP contribution in [0.2, 0.25) is 0 Å². The fourth-order valence-corrected chi connectivity index (χ4v) is 3.56. The van der Waals surface area contributed by atoms with Gasteiger partial charge in [0.05, 0.1) is 13.2 Å². The molecular weight excluding hydrogens is 334 g/mol. The molecule has 4 rings (SSSR count). The lowest BCUT2D eigenvalue weighted by atomic mass is 10.2. The van der Waals surface area contributed by atoms with Crippen molar-refractivity contribution < 1.29 is 9.26 Å². The summed E-state index contributed by atoms with van der Waals surface area (Å²) in [6.07, 6.45) is 2.51. The van der Waals surface area contributed by atoms with Gasteiger partial charge in [-0.25, -0.2) is 0 Å². The summed E-state index contributed by atoms with van der Waals surface area (Å²) in [6.45, 7) is 4.28. The Hall–Kier alpha value is -2.18. The summed E-state index contributed by atoms with van der Waals surface area (Å²) < 4.78 is 11.0. The molecule has 1 fully saturated rings. The molecule has 0 N–H and O–H groups in total. The average Bonchev–Trinajstić information content (AvgIpc) is 3.15. The molecule has 0 amide bonds. The highest BCUT2D eigenvalue weighted by Crippen LogP contribution is 2.30. The third-order valence-electron chi connectivity index (χ3n) is 4.23. The third kappa shape index (κ3) is 4.08. The Kier molecular flexibility index (Phi) is 4.81. The van der Waals surface area contributed by atoms with Gasteiger partial charge in [-0.05, 0) is 55.5 Å². The van der Waals surface area contributed by atoms with Crippen LogP contribution < -0.4 is 4.74 Å². The van der Waals surface area contributed by atoms with Crippen molar-refractivity contribution in [3.63, 3.8) is 0 Å². The van der Waals surface area contributed by atoms with Crippen LogP contribution in [0.25, 0.3) is 11.4 Å². The maximum Gasteiger partial charge on any atom is 0.241 e. The quantitative estimate of drug-likeness (QED) is 0.601. The zero-order valence-corrected chi connectivity index (χ0v) is 15.0. The van der Waals surface area contributed by atoms with Crippen LogP contribution in [0.1, 0.15) is 30.5 Å². The topological polar surface area (TPSA) is 51.4 Å². The Balaban J connectivity index is 1.44. The van der Waals surface area contributed by atoms with Crippen LogP contribution in [0.3, 0.4) is 0 Å². The van der Waals surface area contributed by atoms with E-state index in [1.54, 1.807) is 11.3 Å². The van der Waals surface area contributed by atoms with Gasteiger partial charge in [-0.1, -0.05) is 11.2 Å². The molecule has 6 heteroatoms. The first-order chi connectivity index (χ1) is 12.3. The Bertz CT molecular complexity index is 794. The minimum absolute atomic E-state index is 0.630. The second kappa shape index (κ2) is 7.37. The smallest absolute Gasteiger partial charge is 0.241 e. The van der Waals surface area contributed by atoms with Crippen molar-refractivity contribution >= 4 is 11.3 Å². The summed E-state index contributed by atoms with van der Waals surface area (Å²) in [5.74, 6) is 2.16. The molecule has 0 unspecified atom stereocenters. The molecule has 0 radical (unpaired) electrons. The number of thiophene rings is 1. The zero-order chi connectivity index (χ0) is 17.1. The molecule has 2 aromatic heterocycles. The van der Waals surface area contributed by atoms with Gasteiger partial charge in [-0.2, -0.15) is 4.98 Å². The molecule has 1 aliphatic rings. The van der Waals surface area contributed by atoms with Gasteiger partial charge >= 0.3 is 0 Å². The van der Waals surface area contributed by atoms with Crippen molar-refractivity contribution in [3.8, 4) is 17.1 Å². The van der Waals surface area contributed by atoms with Crippen LogP contribution in [-0.4, -0.2) is 27.7 Å². The minimum Gasteiger partial charge on any atom is -0.494 e. The number of hydrogen-bond donors (Lipinski definition) is 0. The van der Waals surface area contributed by atoms with Crippen LogP contribution >= 0.6 is 11.3 Å². The fraction of sp³-hybridized carbons (Fsp3) is 0.368. The van der Waals surface area contributed by atoms with E-state index in [4.69, 9.17) is 9.26 Å². The summed E-state index contributed by atoms with van der Waals surface area (Å²) in [6, 6.07) is 12.7. The number of nitrogens with zero attached hydrogens (tertiary/aromatic N) is 3. The molecule has 25 heavy (non-hydrogen) atoms. The van der Waals surface area contributed by atoms with Crippen LogP contribution in [0.5, 0.6) is 5.75 Å². The van der Waals surface area contributed by atoms with Crippen LogP contribution in [0.4, 0.5) is 0 Å². The lowest BCUT2D eigenvalue weighted by molar-refractivity contribution is 0.211. The second-order valence-corrected chi connectivity index (χ2v) is 7.22. The fourth-order valence-electron chi connectivity index (χ4n) is 2.83. The summed E-state index contributed by atoms with van der Waals surface area (Å²) in [5.41, 5.74) is 0.940. The average molecular weight is 355 g/mol. The number of aromatic nitrogens is 2. The number of ether oxygens (including phenoxy) is 1. The van der Waals surface area contributed by atoms with Crippen molar-refractivity contribution in [2.75, 3.05) is 6.61 Å². The molecule has 5 nitrogen and oxygen atoms in total. The van der Waals surface area contributed by atoms with E-state index < -0.39 is 0 Å². The highest BCUT2D eigenvalue weighted by molar-refractivity contribution is 7.09. The standard InChI is InChI=1S/C19H21N3O2S/c1-2-23-16-9-5-14(6-10-16)19-20-18(24-21-19)13-22(15-7-8-15)12-17-4-3-11-25-17/h3-6,9-11,15H,2,7-8,12-13H2,1H3.